The summed E-state index contributed by atoms with van der Waals surface area (Å²) >= 11 is 1.69. The van der Waals surface area contributed by atoms with Crippen LogP contribution in [-0.2, 0) is 6.42 Å². The maximum atomic E-state index is 5.71. The highest BCUT2D eigenvalue weighted by Crippen LogP contribution is 2.34. The number of hydrogen-bond acceptors (Lipinski definition) is 7. The number of rotatable bonds is 9. The highest BCUT2D eigenvalue weighted by atomic mass is 32.2. The number of hydrogen-bond donors (Lipinski definition) is 1. The molecule has 7 heteroatoms. The van der Waals surface area contributed by atoms with E-state index >= 15 is 0 Å². The van der Waals surface area contributed by atoms with Crippen LogP contribution in [0, 0.1) is 0 Å². The monoisotopic (exact) mass is 505 g/mol. The van der Waals surface area contributed by atoms with E-state index in [0.717, 1.165) is 67.2 Å². The molecule has 0 unspecified atom stereocenters. The highest BCUT2D eigenvalue weighted by Gasteiger charge is 2.20. The van der Waals surface area contributed by atoms with Gasteiger partial charge in [0.05, 0.1) is 12.6 Å². The van der Waals surface area contributed by atoms with Crippen LogP contribution in [0.3, 0.4) is 0 Å². The standard InChI is InChI=1S/C29H35N3O3S/c1-3-4-5-21-6-7-22(29-25(21)9-11-28(30-29)33-2)12-15-32-16-13-23(14-17-32)31-36-24-8-10-26-27(20-24)35-19-18-34-26/h4-11,20,23,31H,3,12-19H2,1-2H3/b5-4+. The molecule has 0 aliphatic carbocycles. The summed E-state index contributed by atoms with van der Waals surface area (Å²) in [5.74, 6) is 2.35. The lowest BCUT2D eigenvalue weighted by Gasteiger charge is -2.32. The molecule has 5 rings (SSSR count). The first kappa shape index (κ1) is 24.9. The van der Waals surface area contributed by atoms with Crippen molar-refractivity contribution in [2.75, 3.05) is 40.0 Å². The maximum absolute atomic E-state index is 5.71. The van der Waals surface area contributed by atoms with Gasteiger partial charge in [0.2, 0.25) is 5.88 Å². The Morgan fingerprint density at radius 3 is 2.72 bits per heavy atom. The zero-order valence-electron chi connectivity index (χ0n) is 21.2. The van der Waals surface area contributed by atoms with E-state index in [1.54, 1.807) is 19.1 Å². The van der Waals surface area contributed by atoms with E-state index in [1.807, 2.05) is 12.1 Å². The van der Waals surface area contributed by atoms with Gasteiger partial charge in [-0.15, -0.1) is 0 Å². The van der Waals surface area contributed by atoms with Crippen molar-refractivity contribution < 1.29 is 14.2 Å². The number of allylic oxidation sites excluding steroid dienone is 1. The molecule has 0 atom stereocenters. The first-order valence-corrected chi connectivity index (χ1v) is 13.7. The van der Waals surface area contributed by atoms with E-state index in [2.05, 4.69) is 59.0 Å². The van der Waals surface area contributed by atoms with Crippen LogP contribution < -0.4 is 18.9 Å². The van der Waals surface area contributed by atoms with E-state index in [-0.39, 0.29) is 0 Å². The summed E-state index contributed by atoms with van der Waals surface area (Å²) in [7, 11) is 1.68. The zero-order valence-corrected chi connectivity index (χ0v) is 22.0. The van der Waals surface area contributed by atoms with E-state index in [4.69, 9.17) is 19.2 Å². The Bertz CT molecular complexity index is 1210. The number of pyridine rings is 1. The number of fused-ring (bicyclic) bond motifs is 2. The Labute approximate surface area is 218 Å². The molecule has 3 aromatic rings. The molecule has 2 aromatic carbocycles. The van der Waals surface area contributed by atoms with Crippen LogP contribution in [0.5, 0.6) is 17.4 Å². The van der Waals surface area contributed by atoms with Gasteiger partial charge in [0.25, 0.3) is 0 Å². The topological polar surface area (TPSA) is 55.9 Å². The molecule has 6 nitrogen and oxygen atoms in total. The van der Waals surface area contributed by atoms with Gasteiger partial charge in [-0.25, -0.2) is 4.98 Å². The van der Waals surface area contributed by atoms with Gasteiger partial charge in [-0.3, -0.25) is 4.72 Å². The van der Waals surface area contributed by atoms with Gasteiger partial charge < -0.3 is 19.1 Å². The predicted octanol–water partition coefficient (Wildman–Crippen LogP) is 5.74. The van der Waals surface area contributed by atoms with Crippen LogP contribution in [0.25, 0.3) is 17.0 Å². The minimum absolute atomic E-state index is 0.510. The summed E-state index contributed by atoms with van der Waals surface area (Å²) in [5.41, 5.74) is 3.56. The van der Waals surface area contributed by atoms with Crippen molar-refractivity contribution in [1.29, 1.82) is 0 Å². The molecule has 0 radical (unpaired) electrons. The number of piperidine rings is 1. The van der Waals surface area contributed by atoms with E-state index < -0.39 is 0 Å². The van der Waals surface area contributed by atoms with Crippen molar-refractivity contribution in [2.24, 2.45) is 0 Å². The normalized spacial score (nSPS) is 16.6. The molecular formula is C29H35N3O3S. The Morgan fingerprint density at radius 1 is 1.08 bits per heavy atom. The van der Waals surface area contributed by atoms with Gasteiger partial charge in [0.15, 0.2) is 11.5 Å². The van der Waals surface area contributed by atoms with Crippen molar-refractivity contribution in [1.82, 2.24) is 14.6 Å². The smallest absolute Gasteiger partial charge is 0.213 e. The average Bonchev–Trinajstić information content (AvgIpc) is 2.94. The van der Waals surface area contributed by atoms with Crippen molar-refractivity contribution in [3.63, 3.8) is 0 Å². The highest BCUT2D eigenvalue weighted by molar-refractivity contribution is 7.97. The molecule has 1 N–H and O–H groups in total. The second kappa shape index (κ2) is 12.0. The molecular weight excluding hydrogens is 470 g/mol. The number of nitrogens with zero attached hydrogens (tertiary/aromatic N) is 2. The molecule has 0 bridgehead atoms. The van der Waals surface area contributed by atoms with Gasteiger partial charge in [-0.2, -0.15) is 0 Å². The third-order valence-electron chi connectivity index (χ3n) is 6.83. The van der Waals surface area contributed by atoms with E-state index in [0.29, 0.717) is 25.1 Å². The molecule has 0 saturated carbocycles. The van der Waals surface area contributed by atoms with Crippen LogP contribution in [0.4, 0.5) is 0 Å². The molecule has 0 amide bonds. The number of methoxy groups -OCH3 is 1. The van der Waals surface area contributed by atoms with Crippen molar-refractivity contribution in [2.45, 2.75) is 43.5 Å². The van der Waals surface area contributed by atoms with Gasteiger partial charge in [-0.05, 0) is 86.1 Å². The lowest BCUT2D eigenvalue weighted by atomic mass is 10.00. The van der Waals surface area contributed by atoms with Gasteiger partial charge in [0, 0.05) is 28.9 Å². The molecule has 2 aliphatic heterocycles. The molecule has 1 fully saturated rings. The van der Waals surface area contributed by atoms with E-state index in [9.17, 15) is 0 Å². The fraction of sp³-hybridized carbons (Fsp3) is 0.414. The van der Waals surface area contributed by atoms with Crippen LogP contribution >= 0.6 is 11.9 Å². The van der Waals surface area contributed by atoms with Gasteiger partial charge in [-0.1, -0.05) is 31.2 Å². The minimum Gasteiger partial charge on any atom is -0.486 e. The summed E-state index contributed by atoms with van der Waals surface area (Å²) in [5, 5.41) is 1.19. The van der Waals surface area contributed by atoms with Crippen LogP contribution in [0.2, 0.25) is 0 Å². The molecule has 1 aromatic heterocycles. The van der Waals surface area contributed by atoms with Crippen LogP contribution in [0.15, 0.2) is 53.4 Å². The second-order valence-corrected chi connectivity index (χ2v) is 10.2. The fourth-order valence-corrected chi connectivity index (χ4v) is 5.62. The van der Waals surface area contributed by atoms with Crippen molar-refractivity contribution >= 4 is 28.9 Å². The first-order chi connectivity index (χ1) is 17.7. The lowest BCUT2D eigenvalue weighted by Crippen LogP contribution is -2.41. The molecule has 190 valence electrons. The molecule has 1 saturated heterocycles. The van der Waals surface area contributed by atoms with E-state index in [1.165, 1.54) is 16.5 Å². The SMILES string of the molecule is CC/C=C/c1ccc(CCN2CCC(NSc3ccc4c(c3)OCCO4)CC2)c2nc(OC)ccc12. The summed E-state index contributed by atoms with van der Waals surface area (Å²) in [4.78, 5) is 8.55. The largest absolute Gasteiger partial charge is 0.486 e. The summed E-state index contributed by atoms with van der Waals surface area (Å²) < 4.78 is 20.4. The van der Waals surface area contributed by atoms with Gasteiger partial charge >= 0.3 is 0 Å². The summed E-state index contributed by atoms with van der Waals surface area (Å²) in [6, 6.07) is 15.2. The first-order valence-electron chi connectivity index (χ1n) is 12.9. The Kier molecular flexibility index (Phi) is 8.31. The molecule has 3 heterocycles. The van der Waals surface area contributed by atoms with Crippen molar-refractivity contribution in [3.8, 4) is 17.4 Å². The Morgan fingerprint density at radius 2 is 1.92 bits per heavy atom. The van der Waals surface area contributed by atoms with Crippen LogP contribution in [0.1, 0.15) is 37.3 Å². The number of ether oxygens (including phenoxy) is 3. The Hall–Kier alpha value is -2.74. The van der Waals surface area contributed by atoms with Gasteiger partial charge in [0.1, 0.15) is 13.2 Å². The predicted molar refractivity (Wildman–Crippen MR) is 147 cm³/mol. The third kappa shape index (κ3) is 5.97. The molecule has 0 spiro atoms. The van der Waals surface area contributed by atoms with Crippen molar-refractivity contribution in [3.05, 3.63) is 59.7 Å². The number of benzene rings is 2. The minimum atomic E-state index is 0.510. The Balaban J connectivity index is 1.15. The second-order valence-electron chi connectivity index (χ2n) is 9.27. The lowest BCUT2D eigenvalue weighted by molar-refractivity contribution is 0.171. The fourth-order valence-electron chi connectivity index (χ4n) is 4.78. The van der Waals surface area contributed by atoms with Crippen LogP contribution in [-0.4, -0.2) is 55.9 Å². The third-order valence-corrected chi connectivity index (χ3v) is 7.77. The molecule has 2 aliphatic rings. The average molecular weight is 506 g/mol. The number of nitrogens with one attached hydrogen (secondary N) is 1. The maximum Gasteiger partial charge on any atom is 0.213 e. The number of likely N-dealkylation sites (tertiary alicyclic amines) is 1. The molecule has 36 heavy (non-hydrogen) atoms. The quantitative estimate of drug-likeness (QED) is 0.372. The summed E-state index contributed by atoms with van der Waals surface area (Å²) in [6.07, 6.45) is 8.69. The zero-order chi connectivity index (χ0) is 24.7. The number of aromatic nitrogens is 1. The summed E-state index contributed by atoms with van der Waals surface area (Å²) in [6.45, 7) is 6.65.